The van der Waals surface area contributed by atoms with Gasteiger partial charge in [0.25, 0.3) is 5.91 Å². The number of halogens is 1. The number of amides is 2. The number of quaternary nitrogens is 1. The summed E-state index contributed by atoms with van der Waals surface area (Å²) in [4.78, 5) is 23.7. The molecular formula is C23H48ClN3O3. The number of nitrogens with zero attached hydrogens (tertiary/aromatic N) is 1. The minimum absolute atomic E-state index is 0. The van der Waals surface area contributed by atoms with Crippen molar-refractivity contribution >= 4 is 11.8 Å². The van der Waals surface area contributed by atoms with E-state index in [9.17, 15) is 9.59 Å². The summed E-state index contributed by atoms with van der Waals surface area (Å²) >= 11 is 0. The van der Waals surface area contributed by atoms with Crippen molar-refractivity contribution in [1.82, 2.24) is 10.6 Å². The summed E-state index contributed by atoms with van der Waals surface area (Å²) in [6, 6.07) is 0. The molecule has 0 spiro atoms. The second-order valence-electron chi connectivity index (χ2n) is 8.88. The Morgan fingerprint density at radius 2 is 1.23 bits per heavy atom. The molecule has 0 aliphatic rings. The molecule has 0 aromatic heterocycles. The molecule has 0 aromatic rings. The average molecular weight is 450 g/mol. The van der Waals surface area contributed by atoms with E-state index in [1.54, 1.807) is 0 Å². The van der Waals surface area contributed by atoms with Crippen LogP contribution in [0.5, 0.6) is 0 Å². The van der Waals surface area contributed by atoms with Gasteiger partial charge in [0.05, 0.1) is 27.2 Å². The van der Waals surface area contributed by atoms with Gasteiger partial charge in [-0.15, -0.1) is 0 Å². The molecule has 0 aliphatic carbocycles. The third kappa shape index (κ3) is 21.8. The highest BCUT2D eigenvalue weighted by Gasteiger charge is 2.19. The number of aliphatic hydroxyl groups excluding tert-OH is 1. The van der Waals surface area contributed by atoms with E-state index in [1.807, 2.05) is 14.1 Å². The van der Waals surface area contributed by atoms with Crippen LogP contribution in [-0.4, -0.2) is 68.3 Å². The van der Waals surface area contributed by atoms with Crippen molar-refractivity contribution in [2.75, 3.05) is 46.9 Å². The minimum atomic E-state index is -0.0513. The van der Waals surface area contributed by atoms with E-state index in [0.717, 1.165) is 25.8 Å². The lowest BCUT2D eigenvalue weighted by molar-refractivity contribution is -0.882. The lowest BCUT2D eigenvalue weighted by Crippen LogP contribution is -3.00. The van der Waals surface area contributed by atoms with Crippen LogP contribution in [-0.2, 0) is 9.59 Å². The molecule has 3 N–H and O–H groups in total. The fourth-order valence-electron chi connectivity index (χ4n) is 3.49. The van der Waals surface area contributed by atoms with E-state index in [0.29, 0.717) is 30.5 Å². The highest BCUT2D eigenvalue weighted by atomic mass is 35.5. The topological polar surface area (TPSA) is 78.4 Å². The van der Waals surface area contributed by atoms with Crippen molar-refractivity contribution in [3.63, 3.8) is 0 Å². The smallest absolute Gasteiger partial charge is 0.275 e. The van der Waals surface area contributed by atoms with Crippen molar-refractivity contribution in [2.45, 2.75) is 90.4 Å². The number of unbranched alkanes of at least 4 members (excludes halogenated alkanes) is 10. The van der Waals surface area contributed by atoms with E-state index in [4.69, 9.17) is 5.11 Å². The SMILES string of the molecule is CCCCCCCCCCCCCC(=O)NCCC[N+](C)(C)CC(=O)NCCO.[Cl-]. The van der Waals surface area contributed by atoms with Gasteiger partial charge in [-0.3, -0.25) is 9.59 Å². The number of hydrogen-bond acceptors (Lipinski definition) is 3. The molecule has 6 nitrogen and oxygen atoms in total. The predicted molar refractivity (Wildman–Crippen MR) is 121 cm³/mol. The number of hydrogen-bond donors (Lipinski definition) is 3. The van der Waals surface area contributed by atoms with Crippen LogP contribution in [0, 0.1) is 0 Å². The maximum Gasteiger partial charge on any atom is 0.275 e. The third-order valence-electron chi connectivity index (χ3n) is 5.28. The Bertz CT molecular complexity index is 420. The lowest BCUT2D eigenvalue weighted by atomic mass is 10.1. The van der Waals surface area contributed by atoms with Gasteiger partial charge in [-0.2, -0.15) is 0 Å². The molecule has 0 atom stereocenters. The zero-order valence-corrected chi connectivity index (χ0v) is 20.6. The molecule has 7 heteroatoms. The predicted octanol–water partition coefficient (Wildman–Crippen LogP) is 0.383. The van der Waals surface area contributed by atoms with Crippen LogP contribution in [0.2, 0.25) is 0 Å². The summed E-state index contributed by atoms with van der Waals surface area (Å²) in [5, 5.41) is 14.4. The molecule has 30 heavy (non-hydrogen) atoms. The van der Waals surface area contributed by atoms with Crippen molar-refractivity contribution in [3.05, 3.63) is 0 Å². The van der Waals surface area contributed by atoms with E-state index < -0.39 is 0 Å². The molecule has 180 valence electrons. The van der Waals surface area contributed by atoms with Crippen LogP contribution >= 0.6 is 0 Å². The average Bonchev–Trinajstić information content (AvgIpc) is 2.67. The van der Waals surface area contributed by atoms with Crippen LogP contribution in [0.1, 0.15) is 90.4 Å². The summed E-state index contributed by atoms with van der Waals surface area (Å²) in [7, 11) is 4.01. The normalized spacial score (nSPS) is 11.1. The van der Waals surface area contributed by atoms with E-state index >= 15 is 0 Å². The summed E-state index contributed by atoms with van der Waals surface area (Å²) in [5.74, 6) is 0.0940. The first-order chi connectivity index (χ1) is 13.9. The molecule has 0 radical (unpaired) electrons. The van der Waals surface area contributed by atoms with Crippen LogP contribution in [0.4, 0.5) is 0 Å². The molecule has 2 amide bonds. The molecule has 0 fully saturated rings. The first kappa shape index (κ1) is 31.3. The third-order valence-corrected chi connectivity index (χ3v) is 5.28. The van der Waals surface area contributed by atoms with Crippen LogP contribution in [0.3, 0.4) is 0 Å². The largest absolute Gasteiger partial charge is 1.00 e. The van der Waals surface area contributed by atoms with Gasteiger partial charge in [0, 0.05) is 25.9 Å². The van der Waals surface area contributed by atoms with Gasteiger partial charge in [-0.05, 0) is 6.42 Å². The van der Waals surface area contributed by atoms with E-state index in [-0.39, 0.29) is 30.8 Å². The van der Waals surface area contributed by atoms with Gasteiger partial charge >= 0.3 is 0 Å². The standard InChI is InChI=1S/C23H47N3O3.ClH/c1-4-5-6-7-8-9-10-11-12-13-14-16-22(28)24-17-15-19-26(2,3)21-23(29)25-18-20-27;/h27H,4-21H2,1-3H3,(H-,24,25,28,29);1H. The Kier molecular flexibility index (Phi) is 22.3. The molecule has 0 saturated heterocycles. The highest BCUT2D eigenvalue weighted by Crippen LogP contribution is 2.11. The van der Waals surface area contributed by atoms with Crippen molar-refractivity contribution in [3.8, 4) is 0 Å². The van der Waals surface area contributed by atoms with Gasteiger partial charge in [0.2, 0.25) is 5.91 Å². The second kappa shape index (κ2) is 21.4. The number of rotatable bonds is 20. The Balaban J connectivity index is 0. The molecule has 0 rings (SSSR count). The molecule has 0 bridgehead atoms. The van der Waals surface area contributed by atoms with Crippen LogP contribution < -0.4 is 23.0 Å². The molecule has 0 aliphatic heterocycles. The quantitative estimate of drug-likeness (QED) is 0.186. The number of carbonyl (C=O) groups excluding carboxylic acids is 2. The van der Waals surface area contributed by atoms with Crippen molar-refractivity contribution in [1.29, 1.82) is 0 Å². The van der Waals surface area contributed by atoms with Crippen molar-refractivity contribution in [2.24, 2.45) is 0 Å². The molecule has 0 saturated carbocycles. The molecule has 0 unspecified atom stereocenters. The zero-order chi connectivity index (χ0) is 21.8. The fraction of sp³-hybridized carbons (Fsp3) is 0.913. The Hall–Kier alpha value is -0.850. The summed E-state index contributed by atoms with van der Waals surface area (Å²) in [6.07, 6.45) is 15.7. The Morgan fingerprint density at radius 3 is 1.77 bits per heavy atom. The van der Waals surface area contributed by atoms with Gasteiger partial charge < -0.3 is 32.6 Å². The van der Waals surface area contributed by atoms with E-state index in [1.165, 1.54) is 57.8 Å². The monoisotopic (exact) mass is 449 g/mol. The number of likely N-dealkylation sites (N-methyl/N-ethyl adjacent to an activating group) is 1. The fourth-order valence-corrected chi connectivity index (χ4v) is 3.49. The molecule has 0 aromatic carbocycles. The summed E-state index contributed by atoms with van der Waals surface area (Å²) < 4.78 is 0.575. The van der Waals surface area contributed by atoms with Crippen LogP contribution in [0.25, 0.3) is 0 Å². The number of carbonyl (C=O) groups is 2. The van der Waals surface area contributed by atoms with Gasteiger partial charge in [-0.25, -0.2) is 0 Å². The maximum absolute atomic E-state index is 11.9. The molecule has 0 heterocycles. The first-order valence-corrected chi connectivity index (χ1v) is 11.9. The second-order valence-corrected chi connectivity index (χ2v) is 8.88. The number of nitrogens with one attached hydrogen (secondary N) is 2. The zero-order valence-electron chi connectivity index (χ0n) is 19.8. The van der Waals surface area contributed by atoms with Crippen molar-refractivity contribution < 1.29 is 31.6 Å². The highest BCUT2D eigenvalue weighted by molar-refractivity contribution is 5.77. The van der Waals surface area contributed by atoms with Crippen LogP contribution in [0.15, 0.2) is 0 Å². The molecular weight excluding hydrogens is 402 g/mol. The maximum atomic E-state index is 11.9. The van der Waals surface area contributed by atoms with Gasteiger partial charge in [-0.1, -0.05) is 71.1 Å². The van der Waals surface area contributed by atoms with Gasteiger partial charge in [0.15, 0.2) is 6.54 Å². The Morgan fingerprint density at radius 1 is 0.733 bits per heavy atom. The Labute approximate surface area is 191 Å². The summed E-state index contributed by atoms with van der Waals surface area (Å²) in [5.41, 5.74) is 0. The first-order valence-electron chi connectivity index (χ1n) is 11.9. The summed E-state index contributed by atoms with van der Waals surface area (Å²) in [6.45, 7) is 4.39. The van der Waals surface area contributed by atoms with Gasteiger partial charge in [0.1, 0.15) is 0 Å². The van der Waals surface area contributed by atoms with E-state index in [2.05, 4.69) is 17.6 Å². The lowest BCUT2D eigenvalue weighted by Gasteiger charge is -2.29. The number of aliphatic hydroxyl groups is 1. The minimum Gasteiger partial charge on any atom is -1.00 e.